The average Bonchev–Trinajstić information content (AvgIpc) is 2.41. The van der Waals surface area contributed by atoms with Crippen LogP contribution in [-0.2, 0) is 0 Å². The Labute approximate surface area is 119 Å². The predicted molar refractivity (Wildman–Crippen MR) is 82.1 cm³/mol. The molecule has 0 aliphatic carbocycles. The molecule has 0 saturated heterocycles. The van der Waals surface area contributed by atoms with Crippen molar-refractivity contribution in [1.82, 2.24) is 4.98 Å². The first kappa shape index (κ1) is 14.1. The lowest BCUT2D eigenvalue weighted by molar-refractivity contribution is 0.102. The van der Waals surface area contributed by atoms with Crippen molar-refractivity contribution < 1.29 is 4.79 Å². The summed E-state index contributed by atoms with van der Waals surface area (Å²) in [5.74, 6) is 0.410. The molecule has 1 aromatic heterocycles. The lowest BCUT2D eigenvalue weighted by atomic mass is 10.1. The van der Waals surface area contributed by atoms with Gasteiger partial charge in [-0.15, -0.1) is 0 Å². The van der Waals surface area contributed by atoms with Gasteiger partial charge in [-0.1, -0.05) is 18.2 Å². The van der Waals surface area contributed by atoms with Crippen LogP contribution in [0.15, 0.2) is 42.6 Å². The third-order valence-electron chi connectivity index (χ3n) is 2.85. The van der Waals surface area contributed by atoms with Crippen LogP contribution in [0.4, 0.5) is 11.5 Å². The zero-order valence-electron chi connectivity index (χ0n) is 12.0. The molecule has 1 aromatic carbocycles. The number of carbonyl (C=O) groups excluding carboxylic acids is 1. The molecule has 20 heavy (non-hydrogen) atoms. The molecule has 0 bridgehead atoms. The van der Waals surface area contributed by atoms with Crippen molar-refractivity contribution in [2.24, 2.45) is 0 Å². The van der Waals surface area contributed by atoms with Crippen molar-refractivity contribution >= 4 is 17.4 Å². The molecule has 0 radical (unpaired) electrons. The van der Waals surface area contributed by atoms with Gasteiger partial charge >= 0.3 is 0 Å². The van der Waals surface area contributed by atoms with E-state index in [2.05, 4.69) is 29.5 Å². The Morgan fingerprint density at radius 1 is 1.15 bits per heavy atom. The topological polar surface area (TPSA) is 54.0 Å². The monoisotopic (exact) mass is 269 g/mol. The van der Waals surface area contributed by atoms with Gasteiger partial charge in [-0.3, -0.25) is 4.79 Å². The van der Waals surface area contributed by atoms with E-state index in [1.165, 1.54) is 0 Å². The Morgan fingerprint density at radius 2 is 1.90 bits per heavy atom. The summed E-state index contributed by atoms with van der Waals surface area (Å²) in [5.41, 5.74) is 2.55. The summed E-state index contributed by atoms with van der Waals surface area (Å²) in [7, 11) is 0. The fourth-order valence-corrected chi connectivity index (χ4v) is 1.90. The SMILES string of the molecule is Cc1ccccc1C(=O)Nc1ccc(NC(C)C)cn1. The minimum absolute atomic E-state index is 0.139. The Bertz CT molecular complexity index is 591. The van der Waals surface area contributed by atoms with E-state index in [0.29, 0.717) is 17.4 Å². The number of carbonyl (C=O) groups is 1. The van der Waals surface area contributed by atoms with Crippen LogP contribution in [0.3, 0.4) is 0 Å². The van der Waals surface area contributed by atoms with Crippen LogP contribution in [0.1, 0.15) is 29.8 Å². The van der Waals surface area contributed by atoms with Crippen LogP contribution in [0.2, 0.25) is 0 Å². The minimum atomic E-state index is -0.139. The summed E-state index contributed by atoms with van der Waals surface area (Å²) in [4.78, 5) is 16.4. The number of hydrogen-bond acceptors (Lipinski definition) is 3. The van der Waals surface area contributed by atoms with Gasteiger partial charge in [-0.2, -0.15) is 0 Å². The normalized spacial score (nSPS) is 10.4. The molecule has 0 saturated carbocycles. The molecule has 104 valence electrons. The van der Waals surface area contributed by atoms with E-state index in [-0.39, 0.29) is 5.91 Å². The highest BCUT2D eigenvalue weighted by atomic mass is 16.1. The van der Waals surface area contributed by atoms with Gasteiger partial charge in [-0.25, -0.2) is 4.98 Å². The van der Waals surface area contributed by atoms with Gasteiger partial charge in [0.2, 0.25) is 0 Å². The molecule has 2 N–H and O–H groups in total. The van der Waals surface area contributed by atoms with Gasteiger partial charge in [0.25, 0.3) is 5.91 Å². The molecule has 0 aliphatic heterocycles. The van der Waals surface area contributed by atoms with Crippen molar-refractivity contribution in [3.63, 3.8) is 0 Å². The molecule has 0 unspecified atom stereocenters. The zero-order chi connectivity index (χ0) is 14.5. The fourth-order valence-electron chi connectivity index (χ4n) is 1.90. The highest BCUT2D eigenvalue weighted by Gasteiger charge is 2.08. The molecular weight excluding hydrogens is 250 g/mol. The molecule has 0 aliphatic rings. The Balaban J connectivity index is 2.07. The third-order valence-corrected chi connectivity index (χ3v) is 2.85. The number of anilines is 2. The number of aryl methyl sites for hydroxylation is 1. The first-order valence-corrected chi connectivity index (χ1v) is 6.66. The van der Waals surface area contributed by atoms with Gasteiger partial charge in [0.15, 0.2) is 0 Å². The smallest absolute Gasteiger partial charge is 0.257 e. The van der Waals surface area contributed by atoms with E-state index in [9.17, 15) is 4.79 Å². The van der Waals surface area contributed by atoms with Crippen LogP contribution in [0.25, 0.3) is 0 Å². The first-order valence-electron chi connectivity index (χ1n) is 6.66. The standard InChI is InChI=1S/C16H19N3O/c1-11(2)18-13-8-9-15(17-10-13)19-16(20)14-7-5-4-6-12(14)3/h4-11,18H,1-3H3,(H,17,19,20). The van der Waals surface area contributed by atoms with Crippen molar-refractivity contribution in [2.45, 2.75) is 26.8 Å². The van der Waals surface area contributed by atoms with Gasteiger partial charge in [0, 0.05) is 11.6 Å². The maximum atomic E-state index is 12.1. The highest BCUT2D eigenvalue weighted by Crippen LogP contribution is 2.13. The second-order valence-corrected chi connectivity index (χ2v) is 5.00. The first-order chi connectivity index (χ1) is 9.56. The molecule has 0 atom stereocenters. The summed E-state index contributed by atoms with van der Waals surface area (Å²) >= 11 is 0. The van der Waals surface area contributed by atoms with Crippen LogP contribution >= 0.6 is 0 Å². The summed E-state index contributed by atoms with van der Waals surface area (Å²) < 4.78 is 0. The number of hydrogen-bond donors (Lipinski definition) is 2. The van der Waals surface area contributed by atoms with E-state index < -0.39 is 0 Å². The Morgan fingerprint density at radius 3 is 2.50 bits per heavy atom. The number of benzene rings is 1. The lowest BCUT2D eigenvalue weighted by Crippen LogP contribution is -2.14. The molecule has 1 heterocycles. The fraction of sp³-hybridized carbons (Fsp3) is 0.250. The van der Waals surface area contributed by atoms with E-state index in [1.807, 2.05) is 31.2 Å². The summed E-state index contributed by atoms with van der Waals surface area (Å²) in [6, 6.07) is 11.5. The quantitative estimate of drug-likeness (QED) is 0.893. The molecule has 2 rings (SSSR count). The second-order valence-electron chi connectivity index (χ2n) is 5.00. The molecule has 4 nitrogen and oxygen atoms in total. The van der Waals surface area contributed by atoms with Crippen LogP contribution in [-0.4, -0.2) is 16.9 Å². The average molecular weight is 269 g/mol. The molecule has 0 spiro atoms. The lowest BCUT2D eigenvalue weighted by Gasteiger charge is -2.10. The summed E-state index contributed by atoms with van der Waals surface area (Å²) in [6.45, 7) is 6.04. The molecule has 1 amide bonds. The number of rotatable bonds is 4. The molecule has 2 aromatic rings. The third kappa shape index (κ3) is 3.57. The van der Waals surface area contributed by atoms with E-state index >= 15 is 0 Å². The van der Waals surface area contributed by atoms with Gasteiger partial charge in [-0.05, 0) is 44.5 Å². The van der Waals surface area contributed by atoms with Crippen molar-refractivity contribution in [2.75, 3.05) is 10.6 Å². The number of aromatic nitrogens is 1. The summed E-state index contributed by atoms with van der Waals surface area (Å²) in [6.07, 6.45) is 1.72. The Kier molecular flexibility index (Phi) is 4.35. The largest absolute Gasteiger partial charge is 0.382 e. The van der Waals surface area contributed by atoms with Crippen molar-refractivity contribution in [3.05, 3.63) is 53.7 Å². The molecule has 0 fully saturated rings. The van der Waals surface area contributed by atoms with Crippen LogP contribution < -0.4 is 10.6 Å². The molecule has 4 heteroatoms. The Hall–Kier alpha value is -2.36. The molecular formula is C16H19N3O. The predicted octanol–water partition coefficient (Wildman–Crippen LogP) is 3.46. The van der Waals surface area contributed by atoms with Gasteiger partial charge in [0.05, 0.1) is 11.9 Å². The van der Waals surface area contributed by atoms with E-state index in [4.69, 9.17) is 0 Å². The van der Waals surface area contributed by atoms with Gasteiger partial charge < -0.3 is 10.6 Å². The van der Waals surface area contributed by atoms with Crippen molar-refractivity contribution in [3.8, 4) is 0 Å². The van der Waals surface area contributed by atoms with Crippen LogP contribution in [0.5, 0.6) is 0 Å². The van der Waals surface area contributed by atoms with E-state index in [0.717, 1.165) is 11.3 Å². The highest BCUT2D eigenvalue weighted by molar-refractivity contribution is 6.04. The van der Waals surface area contributed by atoms with E-state index in [1.54, 1.807) is 18.3 Å². The number of nitrogens with zero attached hydrogens (tertiary/aromatic N) is 1. The zero-order valence-corrected chi connectivity index (χ0v) is 12.0. The minimum Gasteiger partial charge on any atom is -0.382 e. The summed E-state index contributed by atoms with van der Waals surface area (Å²) in [5, 5.41) is 6.05. The second kappa shape index (κ2) is 6.19. The maximum absolute atomic E-state index is 12.1. The van der Waals surface area contributed by atoms with Crippen molar-refractivity contribution in [1.29, 1.82) is 0 Å². The van der Waals surface area contributed by atoms with Crippen LogP contribution in [0, 0.1) is 6.92 Å². The van der Waals surface area contributed by atoms with Gasteiger partial charge in [0.1, 0.15) is 5.82 Å². The number of nitrogens with one attached hydrogen (secondary N) is 2. The number of pyridine rings is 1. The number of amides is 1. The maximum Gasteiger partial charge on any atom is 0.257 e.